The van der Waals surface area contributed by atoms with Gasteiger partial charge in [-0.3, -0.25) is 4.79 Å². The van der Waals surface area contributed by atoms with Crippen molar-refractivity contribution in [1.29, 1.82) is 0 Å². The summed E-state index contributed by atoms with van der Waals surface area (Å²) in [6.07, 6.45) is 2.20. The van der Waals surface area contributed by atoms with Crippen LogP contribution in [0, 0.1) is 0 Å². The van der Waals surface area contributed by atoms with E-state index in [0.717, 1.165) is 0 Å². The summed E-state index contributed by atoms with van der Waals surface area (Å²) in [6.45, 7) is 5.74. The Kier molecular flexibility index (Phi) is 4.36. The number of hydrogen-bond acceptors (Lipinski definition) is 3. The summed E-state index contributed by atoms with van der Waals surface area (Å²) >= 11 is 0. The molecule has 0 aromatic heterocycles. The van der Waals surface area contributed by atoms with E-state index >= 15 is 0 Å². The molecule has 4 nitrogen and oxygen atoms in total. The summed E-state index contributed by atoms with van der Waals surface area (Å²) in [5, 5.41) is 1.48. The van der Waals surface area contributed by atoms with E-state index in [2.05, 4.69) is 0 Å². The summed E-state index contributed by atoms with van der Waals surface area (Å²) < 4.78 is 0. The summed E-state index contributed by atoms with van der Waals surface area (Å²) in [4.78, 5) is 10.8. The van der Waals surface area contributed by atoms with E-state index in [-0.39, 0.29) is 6.04 Å². The molecule has 0 atom stereocenters. The molecule has 0 spiro atoms. The first-order valence-electron chi connectivity index (χ1n) is 4.02. The molecule has 0 unspecified atom stereocenters. The van der Waals surface area contributed by atoms with E-state index in [1.165, 1.54) is 5.01 Å². The monoisotopic (exact) mass is 171 g/mol. The first-order chi connectivity index (χ1) is 5.49. The Balaban J connectivity index is 4.38. The van der Waals surface area contributed by atoms with Crippen molar-refractivity contribution < 1.29 is 4.79 Å². The number of nitrogens with zero attached hydrogens (tertiary/aromatic N) is 1. The lowest BCUT2D eigenvalue weighted by molar-refractivity contribution is -0.114. The van der Waals surface area contributed by atoms with E-state index < -0.39 is 5.91 Å². The fourth-order valence-corrected chi connectivity index (χ4v) is 0.658. The van der Waals surface area contributed by atoms with Crippen molar-refractivity contribution in [3.63, 3.8) is 0 Å². The molecular formula is C8H17N3O. The van der Waals surface area contributed by atoms with Gasteiger partial charge in [-0.15, -0.1) is 0 Å². The zero-order chi connectivity index (χ0) is 9.72. The minimum atomic E-state index is -0.409. The number of primary amides is 1. The summed E-state index contributed by atoms with van der Waals surface area (Å²) in [6, 6.07) is 0.172. The van der Waals surface area contributed by atoms with Gasteiger partial charge in [0, 0.05) is 17.8 Å². The largest absolute Gasteiger partial charge is 0.366 e. The SMILES string of the molecule is CC/C(=C\N(N)C(C)C)C(N)=O. The van der Waals surface area contributed by atoms with Crippen molar-refractivity contribution in [3.05, 3.63) is 11.8 Å². The summed E-state index contributed by atoms with van der Waals surface area (Å²) in [5.74, 6) is 5.17. The maximum Gasteiger partial charge on any atom is 0.246 e. The van der Waals surface area contributed by atoms with Crippen LogP contribution in [-0.4, -0.2) is 17.0 Å². The number of hydrogen-bond donors (Lipinski definition) is 2. The molecule has 0 rings (SSSR count). The van der Waals surface area contributed by atoms with Crippen LogP contribution < -0.4 is 11.6 Å². The van der Waals surface area contributed by atoms with E-state index in [4.69, 9.17) is 11.6 Å². The molecule has 1 amide bonds. The van der Waals surface area contributed by atoms with Gasteiger partial charge in [0.15, 0.2) is 0 Å². The molecule has 70 valence electrons. The molecule has 0 aliphatic carbocycles. The third kappa shape index (κ3) is 3.39. The molecule has 0 aliphatic heterocycles. The van der Waals surface area contributed by atoms with Crippen LogP contribution in [0.5, 0.6) is 0 Å². The van der Waals surface area contributed by atoms with E-state index in [1.807, 2.05) is 20.8 Å². The lowest BCUT2D eigenvalue weighted by Crippen LogP contribution is -2.33. The van der Waals surface area contributed by atoms with Gasteiger partial charge in [0.05, 0.1) is 0 Å². The fraction of sp³-hybridized carbons (Fsp3) is 0.625. The van der Waals surface area contributed by atoms with Gasteiger partial charge in [0.1, 0.15) is 0 Å². The molecule has 0 saturated carbocycles. The predicted octanol–water partition coefficient (Wildman–Crippen LogP) is 0.350. The van der Waals surface area contributed by atoms with E-state index in [9.17, 15) is 4.79 Å². The number of carbonyl (C=O) groups is 1. The van der Waals surface area contributed by atoms with Crippen molar-refractivity contribution in [2.75, 3.05) is 0 Å². The highest BCUT2D eigenvalue weighted by molar-refractivity contribution is 5.91. The maximum atomic E-state index is 10.8. The van der Waals surface area contributed by atoms with Crippen molar-refractivity contribution in [2.24, 2.45) is 11.6 Å². The highest BCUT2D eigenvalue weighted by atomic mass is 16.1. The minimum absolute atomic E-state index is 0.172. The highest BCUT2D eigenvalue weighted by Gasteiger charge is 2.05. The topological polar surface area (TPSA) is 72.3 Å². The van der Waals surface area contributed by atoms with Crippen LogP contribution in [0.2, 0.25) is 0 Å². The van der Waals surface area contributed by atoms with Crippen LogP contribution in [0.25, 0.3) is 0 Å². The zero-order valence-corrected chi connectivity index (χ0v) is 7.87. The Morgan fingerprint density at radius 3 is 2.33 bits per heavy atom. The van der Waals surface area contributed by atoms with Crippen molar-refractivity contribution in [2.45, 2.75) is 33.2 Å². The average molecular weight is 171 g/mol. The van der Waals surface area contributed by atoms with Crippen molar-refractivity contribution >= 4 is 5.91 Å². The summed E-state index contributed by atoms with van der Waals surface area (Å²) in [5.41, 5.74) is 5.65. The molecule has 0 radical (unpaired) electrons. The molecule has 0 fully saturated rings. The number of carbonyl (C=O) groups excluding carboxylic acids is 1. The first-order valence-corrected chi connectivity index (χ1v) is 4.02. The smallest absolute Gasteiger partial charge is 0.246 e. The van der Waals surface area contributed by atoms with Crippen LogP contribution in [0.1, 0.15) is 27.2 Å². The minimum Gasteiger partial charge on any atom is -0.366 e. The standard InChI is InChI=1S/C8H17N3O/c1-4-7(8(9)12)5-11(10)6(2)3/h5-6H,4,10H2,1-3H3,(H2,9,12)/b7-5+. The third-order valence-corrected chi connectivity index (χ3v) is 1.60. The number of nitrogens with two attached hydrogens (primary N) is 2. The lowest BCUT2D eigenvalue weighted by atomic mass is 10.2. The quantitative estimate of drug-likeness (QED) is 0.364. The predicted molar refractivity (Wildman–Crippen MR) is 48.7 cm³/mol. The Hall–Kier alpha value is -1.03. The van der Waals surface area contributed by atoms with Crippen molar-refractivity contribution in [1.82, 2.24) is 5.01 Å². The van der Waals surface area contributed by atoms with Crippen molar-refractivity contribution in [3.8, 4) is 0 Å². The van der Waals surface area contributed by atoms with Gasteiger partial charge in [-0.05, 0) is 20.3 Å². The Bertz CT molecular complexity index is 187. The van der Waals surface area contributed by atoms with Gasteiger partial charge in [-0.25, -0.2) is 5.84 Å². The van der Waals surface area contributed by atoms with Crippen LogP contribution in [0.3, 0.4) is 0 Å². The molecule has 0 aliphatic rings. The summed E-state index contributed by atoms with van der Waals surface area (Å²) in [7, 11) is 0. The van der Waals surface area contributed by atoms with Gasteiger partial charge in [0.25, 0.3) is 0 Å². The molecule has 0 bridgehead atoms. The van der Waals surface area contributed by atoms with Crippen LogP contribution in [0.15, 0.2) is 11.8 Å². The molecule has 0 aromatic rings. The lowest BCUT2D eigenvalue weighted by Gasteiger charge is -2.19. The number of rotatable bonds is 4. The molecule has 12 heavy (non-hydrogen) atoms. The molecule has 4 heteroatoms. The Morgan fingerprint density at radius 2 is 2.08 bits per heavy atom. The van der Waals surface area contributed by atoms with Crippen LogP contribution in [-0.2, 0) is 4.79 Å². The van der Waals surface area contributed by atoms with Crippen LogP contribution in [0.4, 0.5) is 0 Å². The highest BCUT2D eigenvalue weighted by Crippen LogP contribution is 2.01. The number of amides is 1. The maximum absolute atomic E-state index is 10.8. The molecule has 0 heterocycles. The zero-order valence-electron chi connectivity index (χ0n) is 7.87. The van der Waals surface area contributed by atoms with E-state index in [1.54, 1.807) is 6.20 Å². The van der Waals surface area contributed by atoms with Gasteiger partial charge in [-0.2, -0.15) is 0 Å². The van der Waals surface area contributed by atoms with Crippen LogP contribution >= 0.6 is 0 Å². The molecular weight excluding hydrogens is 154 g/mol. The second kappa shape index (κ2) is 4.77. The first kappa shape index (κ1) is 11.0. The van der Waals surface area contributed by atoms with Gasteiger partial charge in [0.2, 0.25) is 5.91 Å². The van der Waals surface area contributed by atoms with Gasteiger partial charge < -0.3 is 10.7 Å². The Morgan fingerprint density at radius 1 is 1.58 bits per heavy atom. The molecule has 4 N–H and O–H groups in total. The normalized spacial score (nSPS) is 11.9. The molecule has 0 saturated heterocycles. The number of hydrazine groups is 1. The Labute approximate surface area is 73.2 Å². The fourth-order valence-electron chi connectivity index (χ4n) is 0.658. The molecule has 0 aromatic carbocycles. The average Bonchev–Trinajstić information content (AvgIpc) is 1.98. The second-order valence-corrected chi connectivity index (χ2v) is 2.91. The third-order valence-electron chi connectivity index (χ3n) is 1.60. The van der Waals surface area contributed by atoms with Gasteiger partial charge in [-0.1, -0.05) is 6.92 Å². The van der Waals surface area contributed by atoms with E-state index in [0.29, 0.717) is 12.0 Å². The van der Waals surface area contributed by atoms with Gasteiger partial charge >= 0.3 is 0 Å². The second-order valence-electron chi connectivity index (χ2n) is 2.91.